The highest BCUT2D eigenvalue weighted by Gasteiger charge is 2.12. The van der Waals surface area contributed by atoms with E-state index in [0.29, 0.717) is 24.5 Å². The number of alkyl halides is 1. The predicted octanol–water partition coefficient (Wildman–Crippen LogP) is 3.31. The van der Waals surface area contributed by atoms with Crippen LogP contribution in [0.1, 0.15) is 13.8 Å². The minimum atomic E-state index is -0.608. The van der Waals surface area contributed by atoms with E-state index >= 15 is 0 Å². The van der Waals surface area contributed by atoms with Gasteiger partial charge in [-0.05, 0) is 26.0 Å². The molecule has 6 nitrogen and oxygen atoms in total. The quantitative estimate of drug-likeness (QED) is 0.818. The van der Waals surface area contributed by atoms with Crippen LogP contribution in [0.15, 0.2) is 24.3 Å². The molecule has 1 aromatic carbocycles. The molecule has 0 fully saturated rings. The molecule has 0 saturated carbocycles. The fourth-order valence-corrected chi connectivity index (χ4v) is 1.65. The molecule has 21 heavy (non-hydrogen) atoms. The number of halogens is 1. The van der Waals surface area contributed by atoms with Crippen LogP contribution in [0.2, 0.25) is 0 Å². The lowest BCUT2D eigenvalue weighted by Gasteiger charge is -2.18. The summed E-state index contributed by atoms with van der Waals surface area (Å²) < 4.78 is 10.0. The maximum Gasteiger partial charge on any atom is 0.415 e. The van der Waals surface area contributed by atoms with Crippen LogP contribution < -0.4 is 10.1 Å². The van der Waals surface area contributed by atoms with Gasteiger partial charge in [0, 0.05) is 24.8 Å². The zero-order valence-electron chi connectivity index (χ0n) is 12.1. The summed E-state index contributed by atoms with van der Waals surface area (Å²) in [6.45, 7) is 5.01. The Morgan fingerprint density at radius 3 is 2.62 bits per heavy atom. The van der Waals surface area contributed by atoms with E-state index in [1.807, 2.05) is 13.8 Å². The Balaban J connectivity index is 2.63. The van der Waals surface area contributed by atoms with Crippen molar-refractivity contribution in [3.8, 4) is 5.75 Å². The van der Waals surface area contributed by atoms with Gasteiger partial charge in [-0.15, -0.1) is 11.6 Å². The van der Waals surface area contributed by atoms with Crippen LogP contribution in [0.4, 0.5) is 15.3 Å². The van der Waals surface area contributed by atoms with Gasteiger partial charge in [0.15, 0.2) is 0 Å². The number of hydrogen-bond donors (Lipinski definition) is 1. The molecule has 1 rings (SSSR count). The van der Waals surface area contributed by atoms with Crippen LogP contribution in [0.3, 0.4) is 0 Å². The summed E-state index contributed by atoms with van der Waals surface area (Å²) in [5.74, 6) is 0.580. The van der Waals surface area contributed by atoms with E-state index in [1.165, 1.54) is 0 Å². The van der Waals surface area contributed by atoms with Crippen molar-refractivity contribution in [2.75, 3.05) is 30.9 Å². The van der Waals surface area contributed by atoms with Crippen molar-refractivity contribution in [2.45, 2.75) is 13.8 Å². The van der Waals surface area contributed by atoms with Crippen LogP contribution in [0, 0.1) is 0 Å². The van der Waals surface area contributed by atoms with Gasteiger partial charge in [-0.25, -0.2) is 9.59 Å². The van der Waals surface area contributed by atoms with Crippen LogP contribution in [0.5, 0.6) is 5.75 Å². The smallest absolute Gasteiger partial charge is 0.415 e. The third kappa shape index (κ3) is 5.91. The number of carbonyl (C=O) groups is 2. The predicted molar refractivity (Wildman–Crippen MR) is 81.1 cm³/mol. The Hall–Kier alpha value is -1.95. The summed E-state index contributed by atoms with van der Waals surface area (Å²) in [7, 11) is 0. The third-order valence-electron chi connectivity index (χ3n) is 2.62. The molecular weight excluding hydrogens is 296 g/mol. The SMILES string of the molecule is CCN(CC)C(=O)Oc1cccc(NC(=O)OCCCl)c1. The van der Waals surface area contributed by atoms with Crippen molar-refractivity contribution >= 4 is 29.5 Å². The highest BCUT2D eigenvalue weighted by atomic mass is 35.5. The average molecular weight is 315 g/mol. The minimum absolute atomic E-state index is 0.129. The second kappa shape index (κ2) is 9.07. The fraction of sp³-hybridized carbons (Fsp3) is 0.429. The highest BCUT2D eigenvalue weighted by molar-refractivity contribution is 6.18. The van der Waals surface area contributed by atoms with Gasteiger partial charge in [-0.3, -0.25) is 5.32 Å². The molecule has 0 aliphatic rings. The number of nitrogens with one attached hydrogen (secondary N) is 1. The first-order chi connectivity index (χ1) is 10.1. The van der Waals surface area contributed by atoms with Crippen LogP contribution in [-0.2, 0) is 4.74 Å². The average Bonchev–Trinajstić information content (AvgIpc) is 2.46. The Morgan fingerprint density at radius 1 is 1.29 bits per heavy atom. The van der Waals surface area contributed by atoms with Gasteiger partial charge in [0.2, 0.25) is 0 Å². The molecule has 116 valence electrons. The Labute approximate surface area is 129 Å². The van der Waals surface area contributed by atoms with Crippen molar-refractivity contribution in [2.24, 2.45) is 0 Å². The molecule has 0 heterocycles. The second-order valence-corrected chi connectivity index (χ2v) is 4.40. The molecule has 1 N–H and O–H groups in total. The molecule has 0 radical (unpaired) electrons. The molecule has 0 bridgehead atoms. The Morgan fingerprint density at radius 2 is 2.00 bits per heavy atom. The number of benzene rings is 1. The number of anilines is 1. The van der Waals surface area contributed by atoms with E-state index in [1.54, 1.807) is 29.2 Å². The topological polar surface area (TPSA) is 67.9 Å². The molecule has 1 aromatic rings. The zero-order valence-corrected chi connectivity index (χ0v) is 12.9. The van der Waals surface area contributed by atoms with Crippen molar-refractivity contribution in [3.63, 3.8) is 0 Å². The monoisotopic (exact) mass is 314 g/mol. The first kappa shape index (κ1) is 17.1. The Kier molecular flexibility index (Phi) is 7.39. The zero-order chi connectivity index (χ0) is 15.7. The summed E-state index contributed by atoms with van der Waals surface area (Å²) in [6, 6.07) is 6.51. The maximum absolute atomic E-state index is 11.8. The molecule has 0 atom stereocenters. The van der Waals surface area contributed by atoms with Crippen LogP contribution in [0.25, 0.3) is 0 Å². The number of ether oxygens (including phenoxy) is 2. The van der Waals surface area contributed by atoms with Gasteiger partial charge in [0.1, 0.15) is 12.4 Å². The summed E-state index contributed by atoms with van der Waals surface area (Å²) in [4.78, 5) is 24.8. The molecule has 0 aromatic heterocycles. The summed E-state index contributed by atoms with van der Waals surface area (Å²) in [5.41, 5.74) is 0.472. The third-order valence-corrected chi connectivity index (χ3v) is 2.77. The van der Waals surface area contributed by atoms with E-state index in [-0.39, 0.29) is 12.5 Å². The van der Waals surface area contributed by atoms with E-state index in [9.17, 15) is 9.59 Å². The van der Waals surface area contributed by atoms with Gasteiger partial charge in [0.05, 0.1) is 5.88 Å². The lowest BCUT2D eigenvalue weighted by molar-refractivity contribution is 0.157. The molecule has 0 aliphatic heterocycles. The van der Waals surface area contributed by atoms with Gasteiger partial charge >= 0.3 is 12.2 Å². The molecule has 0 saturated heterocycles. The first-order valence-corrected chi connectivity index (χ1v) is 7.20. The molecule has 2 amide bonds. The standard InChI is InChI=1S/C14H19ClN2O4/c1-3-17(4-2)14(19)21-12-7-5-6-11(10-12)16-13(18)20-9-8-15/h5-7,10H,3-4,8-9H2,1-2H3,(H,16,18). The summed E-state index contributed by atoms with van der Waals surface area (Å²) in [5, 5.41) is 2.52. The number of hydrogen-bond acceptors (Lipinski definition) is 4. The summed E-state index contributed by atoms with van der Waals surface area (Å²) in [6.07, 6.45) is -1.04. The lowest BCUT2D eigenvalue weighted by Crippen LogP contribution is -2.33. The van der Waals surface area contributed by atoms with E-state index in [4.69, 9.17) is 21.1 Å². The van der Waals surface area contributed by atoms with Gasteiger partial charge in [-0.1, -0.05) is 6.07 Å². The second-order valence-electron chi connectivity index (χ2n) is 4.02. The number of nitrogens with zero attached hydrogens (tertiary/aromatic N) is 1. The van der Waals surface area contributed by atoms with Gasteiger partial charge < -0.3 is 14.4 Å². The lowest BCUT2D eigenvalue weighted by atomic mass is 10.3. The van der Waals surface area contributed by atoms with E-state index in [0.717, 1.165) is 0 Å². The van der Waals surface area contributed by atoms with Gasteiger partial charge in [0.25, 0.3) is 0 Å². The Bertz CT molecular complexity index is 478. The maximum atomic E-state index is 11.8. The molecule has 0 spiro atoms. The summed E-state index contributed by atoms with van der Waals surface area (Å²) >= 11 is 5.42. The van der Waals surface area contributed by atoms with Crippen molar-refractivity contribution < 1.29 is 19.1 Å². The highest BCUT2D eigenvalue weighted by Crippen LogP contribution is 2.18. The van der Waals surface area contributed by atoms with E-state index in [2.05, 4.69) is 5.32 Å². The molecule has 7 heteroatoms. The number of rotatable bonds is 6. The number of amides is 2. The first-order valence-electron chi connectivity index (χ1n) is 6.67. The van der Waals surface area contributed by atoms with Crippen molar-refractivity contribution in [3.05, 3.63) is 24.3 Å². The largest absolute Gasteiger partial charge is 0.448 e. The molecule has 0 aliphatic carbocycles. The number of carbonyl (C=O) groups excluding carboxylic acids is 2. The normalized spacial score (nSPS) is 9.86. The van der Waals surface area contributed by atoms with Crippen LogP contribution >= 0.6 is 11.6 Å². The van der Waals surface area contributed by atoms with E-state index < -0.39 is 12.2 Å². The van der Waals surface area contributed by atoms with Crippen LogP contribution in [-0.4, -0.2) is 42.7 Å². The fourth-order valence-electron chi connectivity index (χ4n) is 1.57. The molecular formula is C14H19ClN2O4. The molecule has 0 unspecified atom stereocenters. The minimum Gasteiger partial charge on any atom is -0.448 e. The van der Waals surface area contributed by atoms with Crippen molar-refractivity contribution in [1.82, 2.24) is 4.90 Å². The van der Waals surface area contributed by atoms with Gasteiger partial charge in [-0.2, -0.15) is 0 Å². The van der Waals surface area contributed by atoms with Crippen molar-refractivity contribution in [1.29, 1.82) is 0 Å².